The van der Waals surface area contributed by atoms with Crippen LogP contribution in [0.25, 0.3) is 0 Å². The number of rotatable bonds is 7. The number of hydrogen-bond acceptors (Lipinski definition) is 4. The second-order valence-electron chi connectivity index (χ2n) is 8.50. The van der Waals surface area contributed by atoms with Crippen LogP contribution in [0.4, 0.5) is 0 Å². The summed E-state index contributed by atoms with van der Waals surface area (Å²) in [4.78, 5) is 23.5. The smallest absolute Gasteiger partial charge is 0.257 e. The van der Waals surface area contributed by atoms with Crippen molar-refractivity contribution in [2.75, 3.05) is 20.3 Å². The van der Waals surface area contributed by atoms with Crippen LogP contribution < -0.4 is 14.8 Å². The van der Waals surface area contributed by atoms with E-state index < -0.39 is 0 Å². The predicted octanol–water partition coefficient (Wildman–Crippen LogP) is 3.22. The minimum absolute atomic E-state index is 0.0699. The van der Waals surface area contributed by atoms with Crippen LogP contribution >= 0.6 is 0 Å². The maximum Gasteiger partial charge on any atom is 0.257 e. The summed E-state index contributed by atoms with van der Waals surface area (Å²) in [6.07, 6.45) is 8.74. The summed E-state index contributed by atoms with van der Waals surface area (Å²) < 4.78 is 10.7. The summed E-state index contributed by atoms with van der Waals surface area (Å²) in [5, 5.41) is 3.09. The Labute approximate surface area is 154 Å². The van der Waals surface area contributed by atoms with E-state index in [9.17, 15) is 9.59 Å². The molecule has 4 fully saturated rings. The third kappa shape index (κ3) is 3.44. The molecule has 1 aromatic carbocycles. The van der Waals surface area contributed by atoms with Crippen LogP contribution in [0.15, 0.2) is 18.2 Å². The number of methoxy groups -OCH3 is 1. The van der Waals surface area contributed by atoms with Gasteiger partial charge in [0, 0.05) is 6.54 Å². The van der Waals surface area contributed by atoms with Crippen molar-refractivity contribution in [3.8, 4) is 11.5 Å². The number of nitrogens with one attached hydrogen (secondary N) is 1. The quantitative estimate of drug-likeness (QED) is 0.761. The molecule has 1 amide bonds. The van der Waals surface area contributed by atoms with Gasteiger partial charge in [-0.15, -0.1) is 0 Å². The second kappa shape index (κ2) is 6.93. The monoisotopic (exact) mass is 357 g/mol. The topological polar surface area (TPSA) is 64.6 Å². The molecule has 140 valence electrons. The maximum absolute atomic E-state index is 12.3. The second-order valence-corrected chi connectivity index (χ2v) is 8.50. The zero-order valence-corrected chi connectivity index (χ0v) is 15.3. The van der Waals surface area contributed by atoms with Gasteiger partial charge in [0.2, 0.25) is 0 Å². The Morgan fingerprint density at radius 1 is 1.19 bits per heavy atom. The Morgan fingerprint density at radius 2 is 1.85 bits per heavy atom. The first-order valence-corrected chi connectivity index (χ1v) is 9.62. The molecule has 0 heterocycles. The average Bonchev–Trinajstić information content (AvgIpc) is 2.63. The third-order valence-corrected chi connectivity index (χ3v) is 6.53. The largest absolute Gasteiger partial charge is 0.497 e. The van der Waals surface area contributed by atoms with E-state index in [-0.39, 0.29) is 12.5 Å². The Balaban J connectivity index is 1.30. The van der Waals surface area contributed by atoms with Crippen molar-refractivity contribution in [1.29, 1.82) is 0 Å². The SMILES string of the molecule is COc1ccc(OCC(=O)NCC23CC4CC(CC(C4)C2)C3)c(C=O)c1. The Bertz CT molecular complexity index is 664. The molecule has 5 heteroatoms. The summed E-state index contributed by atoms with van der Waals surface area (Å²) in [7, 11) is 1.54. The molecule has 0 unspecified atom stereocenters. The highest BCUT2D eigenvalue weighted by atomic mass is 16.5. The van der Waals surface area contributed by atoms with Crippen LogP contribution in [0.3, 0.4) is 0 Å². The van der Waals surface area contributed by atoms with Crippen LogP contribution in [-0.4, -0.2) is 32.5 Å². The van der Waals surface area contributed by atoms with Crippen molar-refractivity contribution in [2.45, 2.75) is 38.5 Å². The summed E-state index contributed by atoms with van der Waals surface area (Å²) in [6.45, 7) is 0.696. The lowest BCUT2D eigenvalue weighted by Gasteiger charge is -2.56. The molecule has 0 aliphatic heterocycles. The number of aldehydes is 1. The first kappa shape index (κ1) is 17.4. The molecular weight excluding hydrogens is 330 g/mol. The normalized spacial score (nSPS) is 31.5. The van der Waals surface area contributed by atoms with Gasteiger partial charge in [0.05, 0.1) is 12.7 Å². The molecular formula is C21H27NO4. The molecule has 4 aliphatic carbocycles. The van der Waals surface area contributed by atoms with Crippen LogP contribution in [0.2, 0.25) is 0 Å². The minimum Gasteiger partial charge on any atom is -0.497 e. The van der Waals surface area contributed by atoms with E-state index in [1.165, 1.54) is 38.5 Å². The molecule has 5 rings (SSSR count). The van der Waals surface area contributed by atoms with Crippen LogP contribution in [0.5, 0.6) is 11.5 Å². The number of benzene rings is 1. The number of ether oxygens (including phenoxy) is 2. The standard InChI is InChI=1S/C21H27NO4/c1-25-18-2-3-19(17(7-18)11-23)26-12-20(24)22-13-21-8-14-4-15(9-21)6-16(5-14)10-21/h2-3,7,11,14-16H,4-6,8-10,12-13H2,1H3,(H,22,24). The lowest BCUT2D eigenvalue weighted by Crippen LogP contribution is -2.51. The Hall–Kier alpha value is -2.04. The van der Waals surface area contributed by atoms with Gasteiger partial charge in [-0.1, -0.05) is 0 Å². The highest BCUT2D eigenvalue weighted by Crippen LogP contribution is 2.59. The highest BCUT2D eigenvalue weighted by Gasteiger charge is 2.50. The fourth-order valence-corrected chi connectivity index (χ4v) is 5.86. The minimum atomic E-state index is -0.117. The molecule has 0 saturated heterocycles. The summed E-state index contributed by atoms with van der Waals surface area (Å²) in [6, 6.07) is 4.99. The van der Waals surface area contributed by atoms with E-state index in [0.717, 1.165) is 24.3 Å². The van der Waals surface area contributed by atoms with Crippen molar-refractivity contribution in [3.63, 3.8) is 0 Å². The molecule has 0 spiro atoms. The molecule has 4 saturated carbocycles. The molecule has 4 bridgehead atoms. The van der Waals surface area contributed by atoms with Crippen molar-refractivity contribution in [2.24, 2.45) is 23.2 Å². The van der Waals surface area contributed by atoms with Gasteiger partial charge in [0.1, 0.15) is 11.5 Å². The van der Waals surface area contributed by atoms with Gasteiger partial charge >= 0.3 is 0 Å². The molecule has 4 aliphatic rings. The molecule has 5 nitrogen and oxygen atoms in total. The van der Waals surface area contributed by atoms with E-state index in [2.05, 4.69) is 5.32 Å². The van der Waals surface area contributed by atoms with Crippen molar-refractivity contribution in [3.05, 3.63) is 23.8 Å². The van der Waals surface area contributed by atoms with Gasteiger partial charge in [-0.25, -0.2) is 0 Å². The predicted molar refractivity (Wildman–Crippen MR) is 97.5 cm³/mol. The maximum atomic E-state index is 12.3. The van der Waals surface area contributed by atoms with Gasteiger partial charge in [0.15, 0.2) is 12.9 Å². The number of carbonyl (C=O) groups is 2. The van der Waals surface area contributed by atoms with Crippen LogP contribution in [-0.2, 0) is 4.79 Å². The van der Waals surface area contributed by atoms with Crippen LogP contribution in [0.1, 0.15) is 48.9 Å². The lowest BCUT2D eigenvalue weighted by molar-refractivity contribution is -0.125. The van der Waals surface area contributed by atoms with Crippen LogP contribution in [0, 0.1) is 23.2 Å². The zero-order valence-electron chi connectivity index (χ0n) is 15.3. The van der Waals surface area contributed by atoms with E-state index >= 15 is 0 Å². The van der Waals surface area contributed by atoms with Gasteiger partial charge in [-0.3, -0.25) is 9.59 Å². The van der Waals surface area contributed by atoms with Gasteiger partial charge in [-0.2, -0.15) is 0 Å². The van der Waals surface area contributed by atoms with E-state index in [4.69, 9.17) is 9.47 Å². The number of hydrogen-bond donors (Lipinski definition) is 1. The van der Waals surface area contributed by atoms with E-state index in [1.807, 2.05) is 0 Å². The molecule has 0 radical (unpaired) electrons. The van der Waals surface area contributed by atoms with Gasteiger partial charge in [-0.05, 0) is 79.9 Å². The molecule has 0 aromatic heterocycles. The number of amides is 1. The fraction of sp³-hybridized carbons (Fsp3) is 0.619. The molecule has 1 N–H and O–H groups in total. The van der Waals surface area contributed by atoms with Crippen molar-refractivity contribution < 1.29 is 19.1 Å². The molecule has 26 heavy (non-hydrogen) atoms. The fourth-order valence-electron chi connectivity index (χ4n) is 5.86. The highest BCUT2D eigenvalue weighted by molar-refractivity contribution is 5.81. The Morgan fingerprint density at radius 3 is 2.42 bits per heavy atom. The molecule has 1 aromatic rings. The zero-order chi connectivity index (χ0) is 18.1. The first-order valence-electron chi connectivity index (χ1n) is 9.62. The lowest BCUT2D eigenvalue weighted by atomic mass is 9.49. The van der Waals surface area contributed by atoms with Crippen molar-refractivity contribution in [1.82, 2.24) is 5.32 Å². The summed E-state index contributed by atoms with van der Waals surface area (Å²) in [5.41, 5.74) is 0.705. The van der Waals surface area contributed by atoms with E-state index in [0.29, 0.717) is 28.8 Å². The van der Waals surface area contributed by atoms with Crippen molar-refractivity contribution >= 4 is 12.2 Å². The van der Waals surface area contributed by atoms with E-state index in [1.54, 1.807) is 25.3 Å². The van der Waals surface area contributed by atoms with Gasteiger partial charge < -0.3 is 14.8 Å². The van der Waals surface area contributed by atoms with Gasteiger partial charge in [0.25, 0.3) is 5.91 Å². The molecule has 0 atom stereocenters. The first-order chi connectivity index (χ1) is 12.6. The Kier molecular flexibility index (Phi) is 4.63. The third-order valence-electron chi connectivity index (χ3n) is 6.53. The summed E-state index contributed by atoms with van der Waals surface area (Å²) in [5.74, 6) is 3.52. The number of carbonyl (C=O) groups excluding carboxylic acids is 2. The summed E-state index contributed by atoms with van der Waals surface area (Å²) >= 11 is 0. The average molecular weight is 357 g/mol.